The number of hydrogen-bond acceptors (Lipinski definition) is 1. The molecule has 0 amide bonds. The number of hydrogen-bond donors (Lipinski definition) is 0. The Hall–Kier alpha value is -0.730. The molecule has 0 saturated carbocycles. The molecule has 2 aromatic rings. The summed E-state index contributed by atoms with van der Waals surface area (Å²) >= 11 is 24.1. The number of halogens is 4. The molecule has 0 aromatic heterocycles. The van der Waals surface area contributed by atoms with Gasteiger partial charge in [0.1, 0.15) is 6.29 Å². The molecule has 0 atom stereocenters. The van der Waals surface area contributed by atoms with E-state index in [0.29, 0.717) is 26.5 Å². The van der Waals surface area contributed by atoms with Gasteiger partial charge in [-0.1, -0.05) is 58.5 Å². The van der Waals surface area contributed by atoms with E-state index >= 15 is 0 Å². The van der Waals surface area contributed by atoms with Gasteiger partial charge in [0.15, 0.2) is 0 Å². The van der Waals surface area contributed by atoms with Crippen molar-refractivity contribution in [2.24, 2.45) is 0 Å². The molecule has 0 fully saturated rings. The van der Waals surface area contributed by atoms with Gasteiger partial charge in [0.05, 0.1) is 15.1 Å². The van der Waals surface area contributed by atoms with Crippen LogP contribution < -0.4 is 0 Å². The van der Waals surface area contributed by atoms with E-state index in [1.54, 1.807) is 24.3 Å². The molecule has 1 nitrogen and oxygen atoms in total. The Kier molecular flexibility index (Phi) is 4.75. The monoisotopic (exact) mass is 332 g/mol. The normalized spacial score (nSPS) is 10.5. The number of carbonyl (C=O) groups is 1. The highest BCUT2D eigenvalue weighted by Crippen LogP contribution is 2.38. The van der Waals surface area contributed by atoms with Gasteiger partial charge in [0, 0.05) is 17.0 Å². The molecule has 0 bridgehead atoms. The molecule has 0 saturated heterocycles. The van der Waals surface area contributed by atoms with Gasteiger partial charge in [-0.2, -0.15) is 0 Å². The van der Waals surface area contributed by atoms with Crippen LogP contribution in [-0.2, 0) is 11.2 Å². The van der Waals surface area contributed by atoms with E-state index in [0.717, 1.165) is 23.0 Å². The molecular formula is C14H8Cl4O. The van der Waals surface area contributed by atoms with E-state index in [2.05, 4.69) is 0 Å². The second-order valence-electron chi connectivity index (χ2n) is 3.94. The Balaban J connectivity index is 2.58. The summed E-state index contributed by atoms with van der Waals surface area (Å²) in [5.41, 5.74) is 2.35. The Bertz CT molecular complexity index is 638. The molecule has 0 unspecified atom stereocenters. The van der Waals surface area contributed by atoms with E-state index in [1.807, 2.05) is 6.07 Å². The second-order valence-corrected chi connectivity index (χ2v) is 5.54. The van der Waals surface area contributed by atoms with E-state index in [-0.39, 0.29) is 0 Å². The lowest BCUT2D eigenvalue weighted by Gasteiger charge is -2.09. The van der Waals surface area contributed by atoms with Crippen molar-refractivity contribution < 1.29 is 4.79 Å². The molecule has 5 heteroatoms. The summed E-state index contributed by atoms with van der Waals surface area (Å²) in [5, 5.41) is 1.60. The fraction of sp³-hybridized carbons (Fsp3) is 0.0714. The largest absolute Gasteiger partial charge is 0.303 e. The van der Waals surface area contributed by atoms with Crippen LogP contribution in [0.15, 0.2) is 30.3 Å². The fourth-order valence-electron chi connectivity index (χ4n) is 1.77. The van der Waals surface area contributed by atoms with Gasteiger partial charge in [-0.3, -0.25) is 0 Å². The zero-order chi connectivity index (χ0) is 14.0. The topological polar surface area (TPSA) is 17.1 Å². The summed E-state index contributed by atoms with van der Waals surface area (Å²) in [4.78, 5) is 10.6. The van der Waals surface area contributed by atoms with Gasteiger partial charge in [-0.15, -0.1) is 0 Å². The van der Waals surface area contributed by atoms with Gasteiger partial charge in [0.2, 0.25) is 0 Å². The van der Waals surface area contributed by atoms with Gasteiger partial charge in [-0.05, 0) is 29.3 Å². The van der Waals surface area contributed by atoms with Crippen LogP contribution in [0.25, 0.3) is 11.1 Å². The zero-order valence-electron chi connectivity index (χ0n) is 9.59. The van der Waals surface area contributed by atoms with Crippen LogP contribution in [0.1, 0.15) is 5.56 Å². The first kappa shape index (κ1) is 14.7. The number of rotatable bonds is 3. The van der Waals surface area contributed by atoms with E-state index in [1.165, 1.54) is 0 Å². The third kappa shape index (κ3) is 3.24. The summed E-state index contributed by atoms with van der Waals surface area (Å²) in [6.45, 7) is 0. The maximum Gasteiger partial charge on any atom is 0.124 e. The lowest BCUT2D eigenvalue weighted by Crippen LogP contribution is -1.89. The van der Waals surface area contributed by atoms with Crippen LogP contribution in [0.2, 0.25) is 20.1 Å². The Morgan fingerprint density at radius 1 is 0.947 bits per heavy atom. The van der Waals surface area contributed by atoms with Crippen molar-refractivity contribution in [2.45, 2.75) is 6.42 Å². The van der Waals surface area contributed by atoms with Crippen LogP contribution in [0.4, 0.5) is 0 Å². The standard InChI is InChI=1S/C14H8Cl4O/c15-10-6-8(3-4-19)5-9(7-10)11-1-2-12(16)14(18)13(11)17/h1-2,4-7H,3H2. The van der Waals surface area contributed by atoms with Gasteiger partial charge in [-0.25, -0.2) is 0 Å². The molecule has 0 aliphatic rings. The molecule has 0 radical (unpaired) electrons. The molecule has 2 rings (SSSR count). The second kappa shape index (κ2) is 6.15. The van der Waals surface area contributed by atoms with Crippen molar-refractivity contribution in [1.29, 1.82) is 0 Å². The summed E-state index contributed by atoms with van der Waals surface area (Å²) in [6, 6.07) is 8.80. The number of aldehydes is 1. The van der Waals surface area contributed by atoms with Crippen LogP contribution >= 0.6 is 46.4 Å². The van der Waals surface area contributed by atoms with Crippen LogP contribution in [0.5, 0.6) is 0 Å². The van der Waals surface area contributed by atoms with Crippen molar-refractivity contribution in [3.05, 3.63) is 56.0 Å². The van der Waals surface area contributed by atoms with E-state index in [4.69, 9.17) is 46.4 Å². The van der Waals surface area contributed by atoms with Crippen molar-refractivity contribution in [1.82, 2.24) is 0 Å². The molecule has 98 valence electrons. The summed E-state index contributed by atoms with van der Waals surface area (Å²) < 4.78 is 0. The molecule has 0 aliphatic heterocycles. The third-order valence-corrected chi connectivity index (χ3v) is 4.13. The summed E-state index contributed by atoms with van der Waals surface area (Å²) in [5.74, 6) is 0. The lowest BCUT2D eigenvalue weighted by molar-refractivity contribution is -0.107. The summed E-state index contributed by atoms with van der Waals surface area (Å²) in [7, 11) is 0. The van der Waals surface area contributed by atoms with Crippen molar-refractivity contribution in [2.75, 3.05) is 0 Å². The van der Waals surface area contributed by atoms with Gasteiger partial charge in [0.25, 0.3) is 0 Å². The highest BCUT2D eigenvalue weighted by molar-refractivity contribution is 6.49. The highest BCUT2D eigenvalue weighted by atomic mass is 35.5. The first-order valence-electron chi connectivity index (χ1n) is 5.40. The van der Waals surface area contributed by atoms with Crippen molar-refractivity contribution in [3.8, 4) is 11.1 Å². The maximum atomic E-state index is 10.6. The minimum absolute atomic E-state index is 0.298. The molecule has 0 heterocycles. The molecule has 19 heavy (non-hydrogen) atoms. The Labute approximate surface area is 131 Å². The fourth-order valence-corrected chi connectivity index (χ4v) is 2.67. The third-order valence-electron chi connectivity index (χ3n) is 2.62. The van der Waals surface area contributed by atoms with E-state index < -0.39 is 0 Å². The molecular weight excluding hydrogens is 326 g/mol. The molecule has 2 aromatic carbocycles. The highest BCUT2D eigenvalue weighted by Gasteiger charge is 2.11. The molecule has 0 aliphatic carbocycles. The lowest BCUT2D eigenvalue weighted by atomic mass is 10.0. The predicted molar refractivity (Wildman–Crippen MR) is 81.7 cm³/mol. The van der Waals surface area contributed by atoms with Gasteiger partial charge >= 0.3 is 0 Å². The average molecular weight is 334 g/mol. The first-order chi connectivity index (χ1) is 9.02. The quantitative estimate of drug-likeness (QED) is 0.519. The van der Waals surface area contributed by atoms with Crippen LogP contribution in [-0.4, -0.2) is 6.29 Å². The average Bonchev–Trinajstić information content (AvgIpc) is 2.36. The first-order valence-corrected chi connectivity index (χ1v) is 6.91. The van der Waals surface area contributed by atoms with Crippen LogP contribution in [0.3, 0.4) is 0 Å². The maximum absolute atomic E-state index is 10.6. The van der Waals surface area contributed by atoms with Crippen LogP contribution in [0, 0.1) is 0 Å². The smallest absolute Gasteiger partial charge is 0.124 e. The summed E-state index contributed by atoms with van der Waals surface area (Å²) in [6.07, 6.45) is 1.12. The minimum Gasteiger partial charge on any atom is -0.303 e. The predicted octanol–water partition coefficient (Wildman–Crippen LogP) is 5.71. The zero-order valence-corrected chi connectivity index (χ0v) is 12.6. The Morgan fingerprint density at radius 3 is 2.37 bits per heavy atom. The SMILES string of the molecule is O=CCc1cc(Cl)cc(-c2ccc(Cl)c(Cl)c2Cl)c1. The number of benzene rings is 2. The van der Waals surface area contributed by atoms with Crippen molar-refractivity contribution in [3.63, 3.8) is 0 Å². The Morgan fingerprint density at radius 2 is 1.68 bits per heavy atom. The van der Waals surface area contributed by atoms with E-state index in [9.17, 15) is 4.79 Å². The molecule has 0 N–H and O–H groups in total. The van der Waals surface area contributed by atoms with Gasteiger partial charge < -0.3 is 4.79 Å². The van der Waals surface area contributed by atoms with Crippen molar-refractivity contribution >= 4 is 52.7 Å². The minimum atomic E-state index is 0.298. The molecule has 0 spiro atoms. The number of carbonyl (C=O) groups excluding carboxylic acids is 1.